The molecule has 0 spiro atoms. The van der Waals surface area contributed by atoms with Crippen molar-refractivity contribution < 1.29 is 34.0 Å². The van der Waals surface area contributed by atoms with E-state index in [9.17, 15) is 14.8 Å². The minimum atomic E-state index is -3.87. The Morgan fingerprint density at radius 2 is 1.94 bits per heavy atom. The highest BCUT2D eigenvalue weighted by Crippen LogP contribution is 2.38. The number of anilines is 1. The van der Waals surface area contributed by atoms with Crippen LogP contribution in [0.15, 0.2) is 36.5 Å². The summed E-state index contributed by atoms with van der Waals surface area (Å²) in [4.78, 5) is 22.5. The Morgan fingerprint density at radius 1 is 1.24 bits per heavy atom. The van der Waals surface area contributed by atoms with Gasteiger partial charge >= 0.3 is 7.60 Å². The van der Waals surface area contributed by atoms with Crippen molar-refractivity contribution in [2.75, 3.05) is 18.6 Å². The predicted molar refractivity (Wildman–Crippen MR) is 124 cm³/mol. The standard InChI is InChI=1S/C21H26ClN4O7P/c1-11-4-6-13(7-5-11)12(2)23-18-14-8-9-26(19(14)25-21(22)24-18)20-17(28)16(27)15(32-20)10-31-33-34(3,29)30/h4-9,12,15-17,20,27-28H,10H2,1-3H3,(H,29,30)(H,23,24,25)/t12?,15-,16-,17-,20-/m1/s1. The molecule has 0 radical (unpaired) electrons. The van der Waals surface area contributed by atoms with E-state index in [1.54, 1.807) is 12.3 Å². The summed E-state index contributed by atoms with van der Waals surface area (Å²) in [6.45, 7) is 4.60. The van der Waals surface area contributed by atoms with Crippen molar-refractivity contribution in [3.63, 3.8) is 0 Å². The first-order chi connectivity index (χ1) is 16.0. The Labute approximate surface area is 200 Å². The fourth-order valence-electron chi connectivity index (χ4n) is 3.76. The SMILES string of the molecule is Cc1ccc(C(C)Nc2nc(Cl)nc3c2ccn3[C@@H]2O[C@H](COOP(C)(=O)O)[C@@H](O)[C@H]2O)cc1. The van der Waals surface area contributed by atoms with E-state index in [1.807, 2.05) is 38.1 Å². The fourth-order valence-corrected chi connectivity index (χ4v) is 4.18. The van der Waals surface area contributed by atoms with Crippen LogP contribution in [0.1, 0.15) is 30.3 Å². The lowest BCUT2D eigenvalue weighted by molar-refractivity contribution is -0.238. The van der Waals surface area contributed by atoms with Gasteiger partial charge in [-0.05, 0) is 37.1 Å². The number of aryl methyl sites for hydroxylation is 1. The lowest BCUT2D eigenvalue weighted by atomic mass is 10.1. The maximum atomic E-state index is 11.2. The number of hydrogen-bond acceptors (Lipinski definition) is 9. The highest BCUT2D eigenvalue weighted by Gasteiger charge is 2.44. The molecule has 0 amide bonds. The van der Waals surface area contributed by atoms with Crippen LogP contribution in [-0.2, 0) is 18.9 Å². The molecule has 1 aromatic carbocycles. The van der Waals surface area contributed by atoms with Crippen molar-refractivity contribution in [3.8, 4) is 0 Å². The van der Waals surface area contributed by atoms with Gasteiger partial charge in [-0.1, -0.05) is 29.8 Å². The summed E-state index contributed by atoms with van der Waals surface area (Å²) >= 11 is 6.20. The van der Waals surface area contributed by atoms with E-state index in [-0.39, 0.29) is 17.9 Å². The van der Waals surface area contributed by atoms with E-state index < -0.39 is 32.1 Å². The highest BCUT2D eigenvalue weighted by molar-refractivity contribution is 7.51. The van der Waals surface area contributed by atoms with E-state index >= 15 is 0 Å². The van der Waals surface area contributed by atoms with E-state index in [2.05, 4.69) is 20.0 Å². The molecule has 4 rings (SSSR count). The number of rotatable bonds is 8. The average molecular weight is 513 g/mol. The molecule has 1 aliphatic rings. The quantitative estimate of drug-likeness (QED) is 0.154. The molecular formula is C21H26ClN4O7P. The lowest BCUT2D eigenvalue weighted by Crippen LogP contribution is -2.33. The van der Waals surface area contributed by atoms with Crippen molar-refractivity contribution in [2.45, 2.75) is 44.4 Å². The van der Waals surface area contributed by atoms with E-state index in [0.29, 0.717) is 16.9 Å². The number of ether oxygens (including phenoxy) is 1. The van der Waals surface area contributed by atoms with Gasteiger partial charge in [0, 0.05) is 18.9 Å². The average Bonchev–Trinajstić information content (AvgIpc) is 3.29. The van der Waals surface area contributed by atoms with Gasteiger partial charge in [0.1, 0.15) is 36.4 Å². The lowest BCUT2D eigenvalue weighted by Gasteiger charge is -2.19. The molecule has 4 N–H and O–H groups in total. The summed E-state index contributed by atoms with van der Waals surface area (Å²) in [5.74, 6) is 0.504. The van der Waals surface area contributed by atoms with Gasteiger partial charge in [-0.25, -0.2) is 9.87 Å². The molecule has 2 aromatic heterocycles. The fraction of sp³-hybridized carbons (Fsp3) is 0.429. The molecule has 34 heavy (non-hydrogen) atoms. The van der Waals surface area contributed by atoms with Crippen molar-refractivity contribution in [3.05, 3.63) is 52.9 Å². The monoisotopic (exact) mass is 512 g/mol. The number of benzene rings is 1. The molecule has 1 aliphatic heterocycles. The minimum Gasteiger partial charge on any atom is -0.387 e. The van der Waals surface area contributed by atoms with Crippen LogP contribution in [0.4, 0.5) is 5.82 Å². The third kappa shape index (κ3) is 5.42. The van der Waals surface area contributed by atoms with E-state index in [4.69, 9.17) is 26.1 Å². The van der Waals surface area contributed by atoms with E-state index in [1.165, 1.54) is 4.57 Å². The number of aliphatic hydroxyl groups is 2. The van der Waals surface area contributed by atoms with E-state index in [0.717, 1.165) is 17.8 Å². The third-order valence-electron chi connectivity index (χ3n) is 5.51. The molecule has 0 bridgehead atoms. The molecule has 184 valence electrons. The molecule has 2 unspecified atom stereocenters. The summed E-state index contributed by atoms with van der Waals surface area (Å²) in [5.41, 5.74) is 2.62. The second-order valence-electron chi connectivity index (χ2n) is 8.29. The Balaban J connectivity index is 1.56. The van der Waals surface area contributed by atoms with Crippen molar-refractivity contribution in [1.82, 2.24) is 14.5 Å². The summed E-state index contributed by atoms with van der Waals surface area (Å²) in [5, 5.41) is 24.9. The van der Waals surface area contributed by atoms with Crippen LogP contribution in [0, 0.1) is 6.92 Å². The Bertz CT molecular complexity index is 1200. The second-order valence-corrected chi connectivity index (χ2v) is 10.4. The molecule has 13 heteroatoms. The van der Waals surface area contributed by atoms with Crippen molar-refractivity contribution in [2.24, 2.45) is 0 Å². The first kappa shape index (κ1) is 25.0. The van der Waals surface area contributed by atoms with Crippen LogP contribution in [0.25, 0.3) is 11.0 Å². The topological polar surface area (TPSA) is 148 Å². The summed E-state index contributed by atoms with van der Waals surface area (Å²) in [7, 11) is -3.87. The van der Waals surface area contributed by atoms with Gasteiger partial charge in [0.15, 0.2) is 6.23 Å². The molecule has 3 heterocycles. The van der Waals surface area contributed by atoms with Crippen LogP contribution < -0.4 is 5.32 Å². The molecule has 1 fully saturated rings. The van der Waals surface area contributed by atoms with Crippen LogP contribution in [0.2, 0.25) is 5.28 Å². The van der Waals surface area contributed by atoms with Gasteiger partial charge in [0.2, 0.25) is 5.28 Å². The number of nitrogens with zero attached hydrogens (tertiary/aromatic N) is 3. The number of hydrogen-bond donors (Lipinski definition) is 4. The summed E-state index contributed by atoms with van der Waals surface area (Å²) in [6.07, 6.45) is -3.05. The normalized spacial score (nSPS) is 25.4. The van der Waals surface area contributed by atoms with Crippen LogP contribution in [-0.4, -0.2) is 61.2 Å². The molecular weight excluding hydrogens is 487 g/mol. The van der Waals surface area contributed by atoms with Gasteiger partial charge in [-0.3, -0.25) is 4.57 Å². The zero-order valence-corrected chi connectivity index (χ0v) is 20.3. The van der Waals surface area contributed by atoms with Gasteiger partial charge in [0.05, 0.1) is 5.39 Å². The van der Waals surface area contributed by atoms with Gasteiger partial charge in [-0.15, -0.1) is 4.67 Å². The minimum absolute atomic E-state index is 0.00554. The van der Waals surface area contributed by atoms with Crippen molar-refractivity contribution >= 4 is 36.0 Å². The summed E-state index contributed by atoms with van der Waals surface area (Å²) in [6, 6.07) is 9.80. The first-order valence-corrected chi connectivity index (χ1v) is 12.9. The number of aliphatic hydroxyl groups excluding tert-OH is 2. The zero-order valence-electron chi connectivity index (χ0n) is 18.7. The summed E-state index contributed by atoms with van der Waals surface area (Å²) < 4.78 is 22.9. The molecule has 3 aromatic rings. The maximum absolute atomic E-state index is 11.2. The highest BCUT2D eigenvalue weighted by atomic mass is 35.5. The zero-order chi connectivity index (χ0) is 24.6. The van der Waals surface area contributed by atoms with Crippen LogP contribution >= 0.6 is 19.2 Å². The number of nitrogens with one attached hydrogen (secondary N) is 1. The smallest absolute Gasteiger partial charge is 0.352 e. The largest absolute Gasteiger partial charge is 0.387 e. The molecule has 11 nitrogen and oxygen atoms in total. The molecule has 0 aliphatic carbocycles. The van der Waals surface area contributed by atoms with Crippen LogP contribution in [0.5, 0.6) is 0 Å². The number of fused-ring (bicyclic) bond motifs is 1. The van der Waals surface area contributed by atoms with Gasteiger partial charge in [-0.2, -0.15) is 4.98 Å². The molecule has 1 saturated heterocycles. The van der Waals surface area contributed by atoms with Crippen LogP contribution in [0.3, 0.4) is 0 Å². The van der Waals surface area contributed by atoms with Gasteiger partial charge < -0.3 is 29.7 Å². The van der Waals surface area contributed by atoms with Crippen molar-refractivity contribution in [1.29, 1.82) is 0 Å². The molecule has 0 saturated carbocycles. The second kappa shape index (κ2) is 9.88. The molecule has 6 atom stereocenters. The first-order valence-electron chi connectivity index (χ1n) is 10.5. The third-order valence-corrected chi connectivity index (χ3v) is 6.06. The maximum Gasteiger partial charge on any atom is 0.352 e. The predicted octanol–water partition coefficient (Wildman–Crippen LogP) is 2.95. The Kier molecular flexibility index (Phi) is 7.28. The Morgan fingerprint density at radius 3 is 2.62 bits per heavy atom. The Hall–Kier alpha value is -2.08. The number of halogens is 1. The van der Waals surface area contributed by atoms with Gasteiger partial charge in [0.25, 0.3) is 0 Å². The number of aromatic nitrogens is 3.